The maximum Gasteiger partial charge on any atom is 0.231 e. The van der Waals surface area contributed by atoms with Gasteiger partial charge in [0.1, 0.15) is 5.76 Å². The van der Waals surface area contributed by atoms with Crippen molar-refractivity contribution >= 4 is 11.7 Å². The van der Waals surface area contributed by atoms with Crippen LogP contribution in [0.25, 0.3) is 11.3 Å². The van der Waals surface area contributed by atoms with E-state index in [1.54, 1.807) is 13.0 Å². The number of aromatic amines is 1. The van der Waals surface area contributed by atoms with Gasteiger partial charge in [-0.25, -0.2) is 0 Å². The number of ketones is 1. The minimum Gasteiger partial charge on any atom is -0.391 e. The van der Waals surface area contributed by atoms with Crippen LogP contribution in [0.1, 0.15) is 29.9 Å². The van der Waals surface area contributed by atoms with Gasteiger partial charge in [-0.2, -0.15) is 0 Å². The quantitative estimate of drug-likeness (QED) is 0.627. The second kappa shape index (κ2) is 8.67. The van der Waals surface area contributed by atoms with Gasteiger partial charge in [-0.1, -0.05) is 29.4 Å². The number of aliphatic hydroxyl groups is 1. The fraction of sp³-hybridized carbons (Fsp3) is 0.348. The van der Waals surface area contributed by atoms with Crippen molar-refractivity contribution in [1.29, 1.82) is 0 Å². The Hall–Kier alpha value is -3.19. The Bertz CT molecular complexity index is 1010. The number of β-amino-alcohol motifs (C(OH)–C–C–N with tert-alkyl or cyclic N) is 1. The SMILES string of the molecule is Cc1cc(CC(=O)N2C[C@H](O)C[C@H]2C(=O)CCc2ccc(-c3ccc[nH]3)cc2)on1. The van der Waals surface area contributed by atoms with E-state index in [0.29, 0.717) is 24.3 Å². The number of aromatic nitrogens is 2. The number of hydrogen-bond acceptors (Lipinski definition) is 5. The van der Waals surface area contributed by atoms with Gasteiger partial charge in [0.2, 0.25) is 5.91 Å². The topological polar surface area (TPSA) is 99.4 Å². The number of aryl methyl sites for hydroxylation is 2. The van der Waals surface area contributed by atoms with E-state index in [4.69, 9.17) is 4.52 Å². The predicted octanol–water partition coefficient (Wildman–Crippen LogP) is 2.68. The molecule has 3 heterocycles. The molecule has 7 nitrogen and oxygen atoms in total. The first kappa shape index (κ1) is 20.1. The van der Waals surface area contributed by atoms with Gasteiger partial charge in [0.15, 0.2) is 5.78 Å². The molecule has 2 N–H and O–H groups in total. The Balaban J connectivity index is 1.36. The van der Waals surface area contributed by atoms with Gasteiger partial charge in [-0.05, 0) is 36.6 Å². The van der Waals surface area contributed by atoms with Crippen LogP contribution in [0.2, 0.25) is 0 Å². The van der Waals surface area contributed by atoms with Crippen LogP contribution in [-0.2, 0) is 22.4 Å². The summed E-state index contributed by atoms with van der Waals surface area (Å²) in [6.45, 7) is 1.96. The zero-order valence-corrected chi connectivity index (χ0v) is 16.9. The first-order valence-electron chi connectivity index (χ1n) is 10.1. The van der Waals surface area contributed by atoms with Crippen LogP contribution in [0, 0.1) is 6.92 Å². The molecule has 1 fully saturated rings. The van der Waals surface area contributed by atoms with Gasteiger partial charge in [0.05, 0.1) is 24.3 Å². The van der Waals surface area contributed by atoms with Gasteiger partial charge < -0.3 is 19.5 Å². The van der Waals surface area contributed by atoms with Gasteiger partial charge in [-0.15, -0.1) is 0 Å². The third-order valence-corrected chi connectivity index (χ3v) is 5.50. The van der Waals surface area contributed by atoms with Crippen LogP contribution in [0.5, 0.6) is 0 Å². The van der Waals surface area contributed by atoms with Crippen LogP contribution in [0.15, 0.2) is 53.2 Å². The van der Waals surface area contributed by atoms with Crippen LogP contribution in [0.3, 0.4) is 0 Å². The van der Waals surface area contributed by atoms with Gasteiger partial charge in [-0.3, -0.25) is 9.59 Å². The Labute approximate surface area is 174 Å². The number of nitrogens with one attached hydrogen (secondary N) is 1. The number of amides is 1. The summed E-state index contributed by atoms with van der Waals surface area (Å²) in [4.78, 5) is 30.2. The molecule has 2 aromatic heterocycles. The number of H-pyrrole nitrogens is 1. The van der Waals surface area contributed by atoms with E-state index < -0.39 is 12.1 Å². The monoisotopic (exact) mass is 407 g/mol. The third-order valence-electron chi connectivity index (χ3n) is 5.50. The fourth-order valence-corrected chi connectivity index (χ4v) is 3.94. The number of hydrogen-bond donors (Lipinski definition) is 2. The van der Waals surface area contributed by atoms with Gasteiger partial charge in [0, 0.05) is 37.3 Å². The summed E-state index contributed by atoms with van der Waals surface area (Å²) >= 11 is 0. The summed E-state index contributed by atoms with van der Waals surface area (Å²) in [5, 5.41) is 13.8. The fourth-order valence-electron chi connectivity index (χ4n) is 3.94. The zero-order chi connectivity index (χ0) is 21.1. The molecule has 0 unspecified atom stereocenters. The van der Waals surface area contributed by atoms with Crippen molar-refractivity contribution in [1.82, 2.24) is 15.0 Å². The van der Waals surface area contributed by atoms with E-state index in [1.165, 1.54) is 4.90 Å². The molecule has 1 amide bonds. The van der Waals surface area contributed by atoms with Gasteiger partial charge >= 0.3 is 0 Å². The first-order chi connectivity index (χ1) is 14.5. The first-order valence-corrected chi connectivity index (χ1v) is 10.1. The summed E-state index contributed by atoms with van der Waals surface area (Å²) in [5.41, 5.74) is 3.91. The molecular formula is C23H25N3O4. The van der Waals surface area contributed by atoms with Crippen molar-refractivity contribution in [3.63, 3.8) is 0 Å². The number of nitrogens with zero attached hydrogens (tertiary/aromatic N) is 2. The Kier molecular flexibility index (Phi) is 5.81. The molecule has 0 saturated carbocycles. The van der Waals surface area contributed by atoms with Crippen LogP contribution in [0.4, 0.5) is 0 Å². The lowest BCUT2D eigenvalue weighted by atomic mass is 10.00. The number of rotatable bonds is 7. The predicted molar refractivity (Wildman–Crippen MR) is 111 cm³/mol. The number of carbonyl (C=O) groups is 2. The standard InChI is InChI=1S/C23H25N3O4/c1-15-11-19(30-25-15)13-23(29)26-14-18(27)12-21(26)22(28)9-6-16-4-7-17(8-5-16)20-3-2-10-24-20/h2-5,7-8,10-11,18,21,24,27H,6,9,12-14H2,1H3/t18-,21+/m1/s1. The lowest BCUT2D eigenvalue weighted by Gasteiger charge is -2.23. The van der Waals surface area contributed by atoms with E-state index >= 15 is 0 Å². The molecular weight excluding hydrogens is 382 g/mol. The van der Waals surface area contributed by atoms with Crippen LogP contribution >= 0.6 is 0 Å². The maximum absolute atomic E-state index is 12.8. The van der Waals surface area contributed by atoms with Crippen molar-refractivity contribution in [2.24, 2.45) is 0 Å². The number of aliphatic hydroxyl groups excluding tert-OH is 1. The maximum atomic E-state index is 12.8. The Morgan fingerprint density at radius 1 is 1.27 bits per heavy atom. The van der Waals surface area contributed by atoms with E-state index in [0.717, 1.165) is 16.8 Å². The third kappa shape index (κ3) is 4.52. The highest BCUT2D eigenvalue weighted by molar-refractivity contribution is 5.90. The van der Waals surface area contributed by atoms with E-state index in [-0.39, 0.29) is 31.1 Å². The number of likely N-dealkylation sites (tertiary alicyclic amines) is 1. The highest BCUT2D eigenvalue weighted by Crippen LogP contribution is 2.23. The average molecular weight is 407 g/mol. The Morgan fingerprint density at radius 3 is 2.73 bits per heavy atom. The molecule has 1 aromatic carbocycles. The average Bonchev–Trinajstić information content (AvgIpc) is 3.48. The lowest BCUT2D eigenvalue weighted by molar-refractivity contribution is -0.137. The molecule has 0 radical (unpaired) electrons. The van der Waals surface area contributed by atoms with Crippen LogP contribution in [-0.4, -0.2) is 50.5 Å². The number of carbonyl (C=O) groups excluding carboxylic acids is 2. The van der Waals surface area contributed by atoms with Crippen molar-refractivity contribution in [2.45, 2.75) is 44.8 Å². The summed E-state index contributed by atoms with van der Waals surface area (Å²) < 4.78 is 5.11. The molecule has 1 aliphatic rings. The molecule has 2 atom stereocenters. The minimum atomic E-state index is -0.681. The summed E-state index contributed by atoms with van der Waals surface area (Å²) in [6, 6.07) is 13.2. The van der Waals surface area contributed by atoms with E-state index in [2.05, 4.69) is 10.1 Å². The van der Waals surface area contributed by atoms with Gasteiger partial charge in [0.25, 0.3) is 0 Å². The molecule has 4 rings (SSSR count). The molecule has 30 heavy (non-hydrogen) atoms. The minimum absolute atomic E-state index is 0.0258. The molecule has 0 bridgehead atoms. The lowest BCUT2D eigenvalue weighted by Crippen LogP contribution is -2.41. The van der Waals surface area contributed by atoms with Crippen molar-refractivity contribution in [3.8, 4) is 11.3 Å². The zero-order valence-electron chi connectivity index (χ0n) is 16.9. The molecule has 1 aliphatic heterocycles. The molecule has 0 aliphatic carbocycles. The molecule has 0 spiro atoms. The highest BCUT2D eigenvalue weighted by atomic mass is 16.5. The second-order valence-corrected chi connectivity index (χ2v) is 7.81. The van der Waals surface area contributed by atoms with E-state index in [1.807, 2.05) is 42.6 Å². The summed E-state index contributed by atoms with van der Waals surface area (Å²) in [5.74, 6) is 0.214. The number of Topliss-reactive ketones (excluding diaryl/α,β-unsaturated/α-hetero) is 1. The van der Waals surface area contributed by atoms with Crippen molar-refractivity contribution in [3.05, 3.63) is 65.7 Å². The summed E-state index contributed by atoms with van der Waals surface area (Å²) in [7, 11) is 0. The molecule has 156 valence electrons. The highest BCUT2D eigenvalue weighted by Gasteiger charge is 2.38. The van der Waals surface area contributed by atoms with Crippen LogP contribution < -0.4 is 0 Å². The molecule has 3 aromatic rings. The van der Waals surface area contributed by atoms with Crippen molar-refractivity contribution in [2.75, 3.05) is 6.54 Å². The molecule has 7 heteroatoms. The summed E-state index contributed by atoms with van der Waals surface area (Å²) in [6.07, 6.45) is 2.45. The van der Waals surface area contributed by atoms with Crippen molar-refractivity contribution < 1.29 is 19.2 Å². The smallest absolute Gasteiger partial charge is 0.231 e. The second-order valence-electron chi connectivity index (χ2n) is 7.81. The Morgan fingerprint density at radius 2 is 2.07 bits per heavy atom. The largest absolute Gasteiger partial charge is 0.391 e. The molecule has 1 saturated heterocycles. The number of benzene rings is 1. The normalized spacial score (nSPS) is 18.7. The van der Waals surface area contributed by atoms with E-state index in [9.17, 15) is 14.7 Å².